The lowest BCUT2D eigenvalue weighted by Crippen LogP contribution is -2.08. The molecule has 0 saturated carbocycles. The van der Waals surface area contributed by atoms with E-state index in [-0.39, 0.29) is 0 Å². The molecule has 1 aromatic carbocycles. The Morgan fingerprint density at radius 2 is 1.77 bits per heavy atom. The quantitative estimate of drug-likeness (QED) is 0.179. The van der Waals surface area contributed by atoms with Crippen LogP contribution in [0.4, 0.5) is 0 Å². The van der Waals surface area contributed by atoms with Gasteiger partial charge in [0.1, 0.15) is 25.1 Å². The fourth-order valence-corrected chi connectivity index (χ4v) is 3.77. The molecular weight excluding hydrogens is 438 g/mol. The van der Waals surface area contributed by atoms with Crippen molar-refractivity contribution in [1.29, 1.82) is 0 Å². The zero-order valence-corrected chi connectivity index (χ0v) is 20.3. The first-order valence-electron chi connectivity index (χ1n) is 11.6. The van der Waals surface area contributed by atoms with Crippen LogP contribution in [0.3, 0.4) is 0 Å². The monoisotopic (exact) mass is 467 g/mol. The summed E-state index contributed by atoms with van der Waals surface area (Å²) in [5, 5.41) is 8.44. The molecule has 0 saturated heterocycles. The van der Waals surface area contributed by atoms with Crippen LogP contribution < -0.4 is 0 Å². The summed E-state index contributed by atoms with van der Waals surface area (Å²) < 4.78 is 2.10. The number of hydrogen-bond acceptors (Lipinski definition) is 6. The van der Waals surface area contributed by atoms with Crippen molar-refractivity contribution in [3.63, 3.8) is 0 Å². The summed E-state index contributed by atoms with van der Waals surface area (Å²) in [5.74, 6) is 0. The Labute approximate surface area is 205 Å². The molecule has 35 heavy (non-hydrogen) atoms. The first-order valence-corrected chi connectivity index (χ1v) is 11.6. The Hall–Kier alpha value is -4.26. The molecule has 0 amide bonds. The van der Waals surface area contributed by atoms with E-state index < -0.39 is 0 Å². The van der Waals surface area contributed by atoms with Gasteiger partial charge in [-0.15, -0.1) is 0 Å². The number of nitrogens with zero attached hydrogens (tertiary/aromatic N) is 5. The molecule has 4 aromatic rings. The maximum atomic E-state index is 5.76. The average molecular weight is 468 g/mol. The molecule has 0 radical (unpaired) electrons. The lowest BCUT2D eigenvalue weighted by molar-refractivity contribution is 0.142. The molecule has 0 aliphatic rings. The molecule has 0 unspecified atom stereocenters. The highest BCUT2D eigenvalue weighted by Crippen LogP contribution is 2.19. The second-order valence-electron chi connectivity index (χ2n) is 8.06. The van der Waals surface area contributed by atoms with Crippen molar-refractivity contribution < 1.29 is 9.68 Å². The summed E-state index contributed by atoms with van der Waals surface area (Å²) >= 11 is 0. The summed E-state index contributed by atoms with van der Waals surface area (Å²) in [6.07, 6.45) is 7.39. The van der Waals surface area contributed by atoms with E-state index in [1.54, 1.807) is 6.20 Å². The maximum Gasteiger partial charge on any atom is 0.135 e. The van der Waals surface area contributed by atoms with Crippen molar-refractivity contribution in [3.8, 4) is 5.69 Å². The average Bonchev–Trinajstić information content (AvgIpc) is 3.42. The van der Waals surface area contributed by atoms with Gasteiger partial charge in [-0.2, -0.15) is 0 Å². The van der Waals surface area contributed by atoms with Crippen LogP contribution in [0.15, 0.2) is 95.6 Å². The number of hydrogen-bond donors (Lipinski definition) is 0. The molecule has 4 rings (SSSR count). The fraction of sp³-hybridized carbons (Fsp3) is 0.214. The van der Waals surface area contributed by atoms with Crippen LogP contribution in [0, 0.1) is 6.92 Å². The number of oxime groups is 2. The van der Waals surface area contributed by atoms with Crippen molar-refractivity contribution in [2.24, 2.45) is 10.3 Å². The van der Waals surface area contributed by atoms with Crippen molar-refractivity contribution in [1.82, 2.24) is 14.5 Å². The maximum absolute atomic E-state index is 5.76. The van der Waals surface area contributed by atoms with Gasteiger partial charge >= 0.3 is 0 Å². The molecule has 178 valence electrons. The molecule has 3 heterocycles. The molecule has 0 aliphatic heterocycles. The smallest absolute Gasteiger partial charge is 0.135 e. The highest BCUT2D eigenvalue weighted by Gasteiger charge is 2.12. The largest absolute Gasteiger partial charge is 0.399 e. The number of pyridine rings is 2. The Bertz CT molecular complexity index is 1300. The van der Waals surface area contributed by atoms with E-state index in [1.165, 1.54) is 7.11 Å². The zero-order chi connectivity index (χ0) is 24.5. The summed E-state index contributed by atoms with van der Waals surface area (Å²) in [5.41, 5.74) is 7.22. The van der Waals surface area contributed by atoms with Crippen LogP contribution in [-0.2, 0) is 16.1 Å². The fourth-order valence-electron chi connectivity index (χ4n) is 3.77. The van der Waals surface area contributed by atoms with Crippen LogP contribution >= 0.6 is 0 Å². The minimum Gasteiger partial charge on any atom is -0.399 e. The van der Waals surface area contributed by atoms with E-state index >= 15 is 0 Å². The lowest BCUT2D eigenvalue weighted by Gasteiger charge is -2.11. The van der Waals surface area contributed by atoms with Crippen molar-refractivity contribution in [3.05, 3.63) is 114 Å². The number of aryl methyl sites for hydroxylation is 2. The molecular formula is C28H29N5O2. The lowest BCUT2D eigenvalue weighted by atomic mass is 10.0. The first kappa shape index (κ1) is 23.9. The van der Waals surface area contributed by atoms with Crippen molar-refractivity contribution >= 4 is 11.4 Å². The molecule has 0 bridgehead atoms. The third-order valence-corrected chi connectivity index (χ3v) is 5.49. The predicted molar refractivity (Wildman–Crippen MR) is 138 cm³/mol. The van der Waals surface area contributed by atoms with E-state index in [1.807, 2.05) is 67.8 Å². The molecule has 3 aromatic heterocycles. The minimum atomic E-state index is 0.466. The van der Waals surface area contributed by atoms with Gasteiger partial charge in [-0.05, 0) is 80.8 Å². The molecule has 0 N–H and O–H groups in total. The van der Waals surface area contributed by atoms with Gasteiger partial charge in [-0.3, -0.25) is 9.97 Å². The van der Waals surface area contributed by atoms with Gasteiger partial charge in [0.25, 0.3) is 0 Å². The third-order valence-electron chi connectivity index (χ3n) is 5.49. The summed E-state index contributed by atoms with van der Waals surface area (Å²) in [6.45, 7) is 4.43. The Morgan fingerprint density at radius 3 is 2.51 bits per heavy atom. The van der Waals surface area contributed by atoms with Gasteiger partial charge < -0.3 is 14.2 Å². The summed E-state index contributed by atoms with van der Waals surface area (Å²) in [7, 11) is 1.53. The Kier molecular flexibility index (Phi) is 8.01. The minimum absolute atomic E-state index is 0.466. The Balaban J connectivity index is 1.46. The number of rotatable bonds is 10. The van der Waals surface area contributed by atoms with Gasteiger partial charge in [0, 0.05) is 35.5 Å². The summed E-state index contributed by atoms with van der Waals surface area (Å²) in [4.78, 5) is 19.7. The highest BCUT2D eigenvalue weighted by atomic mass is 16.6. The standard InChI is InChI=1S/C28H29N5O2/c1-21-20-23(14-15-27(21)33-17-6-7-18-33)28(26-12-4-5-16-29-26)32-35-19-9-11-24-10-8-13-25(30-24)22(2)31-34-3/h4-8,10,12-18,20H,9,11,19H2,1-3H3/b31-22+,32-28?. The van der Waals surface area contributed by atoms with Crippen LogP contribution in [0.2, 0.25) is 0 Å². The van der Waals surface area contributed by atoms with Gasteiger partial charge in [0.05, 0.1) is 11.4 Å². The normalized spacial score (nSPS) is 12.0. The summed E-state index contributed by atoms with van der Waals surface area (Å²) in [6, 6.07) is 22.0. The second kappa shape index (κ2) is 11.7. The van der Waals surface area contributed by atoms with Crippen LogP contribution in [-0.4, -0.2) is 39.7 Å². The topological polar surface area (TPSA) is 73.9 Å². The van der Waals surface area contributed by atoms with E-state index in [0.29, 0.717) is 12.3 Å². The highest BCUT2D eigenvalue weighted by molar-refractivity contribution is 6.11. The van der Waals surface area contributed by atoms with Gasteiger partial charge in [-0.25, -0.2) is 0 Å². The van der Waals surface area contributed by atoms with Gasteiger partial charge in [-0.1, -0.05) is 28.5 Å². The molecule has 7 heteroatoms. The molecule has 0 spiro atoms. The van der Waals surface area contributed by atoms with E-state index in [4.69, 9.17) is 9.68 Å². The van der Waals surface area contributed by atoms with E-state index in [9.17, 15) is 0 Å². The SMILES string of the molecule is CO/N=C(\C)c1cccc(CCCON=C(c2ccc(-n3cccc3)c(C)c2)c2ccccn2)n1. The molecule has 7 nitrogen and oxygen atoms in total. The zero-order valence-electron chi connectivity index (χ0n) is 20.3. The van der Waals surface area contributed by atoms with Crippen molar-refractivity contribution in [2.75, 3.05) is 13.7 Å². The van der Waals surface area contributed by atoms with E-state index in [2.05, 4.69) is 50.0 Å². The first-order chi connectivity index (χ1) is 17.2. The molecule has 0 atom stereocenters. The van der Waals surface area contributed by atoms with Crippen LogP contribution in [0.1, 0.15) is 41.6 Å². The van der Waals surface area contributed by atoms with Gasteiger partial charge in [0.2, 0.25) is 0 Å². The van der Waals surface area contributed by atoms with Crippen LogP contribution in [0.25, 0.3) is 5.69 Å². The predicted octanol–water partition coefficient (Wildman–Crippen LogP) is 5.35. The second-order valence-corrected chi connectivity index (χ2v) is 8.06. The molecule has 0 fully saturated rings. The van der Waals surface area contributed by atoms with Crippen molar-refractivity contribution in [2.45, 2.75) is 26.7 Å². The van der Waals surface area contributed by atoms with Gasteiger partial charge in [0.15, 0.2) is 0 Å². The van der Waals surface area contributed by atoms with Crippen LogP contribution in [0.5, 0.6) is 0 Å². The molecule has 0 aliphatic carbocycles. The van der Waals surface area contributed by atoms with E-state index in [0.717, 1.165) is 52.4 Å². The number of benzene rings is 1. The third kappa shape index (κ3) is 6.20. The Morgan fingerprint density at radius 1 is 0.943 bits per heavy atom. The number of aromatic nitrogens is 3.